The summed E-state index contributed by atoms with van der Waals surface area (Å²) >= 11 is 0. The zero-order chi connectivity index (χ0) is 12.9. The molecule has 6 heteroatoms. The topological polar surface area (TPSA) is 93.4 Å². The van der Waals surface area contributed by atoms with Gasteiger partial charge in [0.05, 0.1) is 30.2 Å². The summed E-state index contributed by atoms with van der Waals surface area (Å²) in [6, 6.07) is 0. The Balaban J connectivity index is 2.16. The minimum atomic E-state index is -0.381. The van der Waals surface area contributed by atoms with E-state index in [4.69, 9.17) is 5.11 Å². The van der Waals surface area contributed by atoms with Crippen molar-refractivity contribution in [3.8, 4) is 0 Å². The van der Waals surface area contributed by atoms with E-state index in [1.54, 1.807) is 4.90 Å². The second-order valence-corrected chi connectivity index (χ2v) is 4.36. The minimum Gasteiger partial charge on any atom is -0.392 e. The van der Waals surface area contributed by atoms with Gasteiger partial charge in [-0.2, -0.15) is 0 Å². The molecule has 1 aromatic rings. The van der Waals surface area contributed by atoms with Crippen LogP contribution in [0, 0.1) is 0 Å². The molecule has 1 aromatic heterocycles. The van der Waals surface area contributed by atoms with E-state index < -0.39 is 0 Å². The Labute approximate surface area is 103 Å². The molecule has 0 atom stereocenters. The third-order valence-corrected chi connectivity index (χ3v) is 3.27. The maximum atomic E-state index is 12.3. The van der Waals surface area contributed by atoms with Crippen molar-refractivity contribution >= 4 is 11.6 Å². The highest BCUT2D eigenvalue weighted by molar-refractivity contribution is 6.24. The van der Waals surface area contributed by atoms with Crippen molar-refractivity contribution < 1.29 is 19.8 Å². The number of ketones is 2. The molecule has 0 radical (unpaired) electrons. The van der Waals surface area contributed by atoms with Gasteiger partial charge in [-0.25, -0.2) is 0 Å². The van der Waals surface area contributed by atoms with Crippen molar-refractivity contribution in [3.05, 3.63) is 34.3 Å². The molecule has 1 aliphatic heterocycles. The predicted molar refractivity (Wildman–Crippen MR) is 61.0 cm³/mol. The van der Waals surface area contributed by atoms with E-state index in [-0.39, 0.29) is 36.0 Å². The first-order valence-corrected chi connectivity index (χ1v) is 5.68. The van der Waals surface area contributed by atoms with Gasteiger partial charge in [0.25, 0.3) is 0 Å². The van der Waals surface area contributed by atoms with E-state index in [0.717, 1.165) is 13.1 Å². The number of nitrogens with zero attached hydrogens (tertiary/aromatic N) is 1. The summed E-state index contributed by atoms with van der Waals surface area (Å²) in [5.41, 5.74) is 1.39. The molecule has 94 valence electrons. The van der Waals surface area contributed by atoms with Gasteiger partial charge in [0, 0.05) is 30.4 Å². The monoisotopic (exact) mass is 248 g/mol. The lowest BCUT2D eigenvalue weighted by molar-refractivity contribution is 0.0966. The average Bonchev–Trinajstić information content (AvgIpc) is 3.12. The number of carbonyl (C=O) groups is 2. The first-order valence-electron chi connectivity index (χ1n) is 5.68. The van der Waals surface area contributed by atoms with Crippen LogP contribution in [-0.4, -0.2) is 44.8 Å². The molecule has 2 heterocycles. The Kier molecular flexibility index (Phi) is 2.36. The zero-order valence-corrected chi connectivity index (χ0v) is 9.56. The Morgan fingerprint density at radius 2 is 1.94 bits per heavy atom. The number of aliphatic hydroxyl groups is 2. The summed E-state index contributed by atoms with van der Waals surface area (Å²) in [5.74, 6) is -0.553. The molecule has 0 spiro atoms. The van der Waals surface area contributed by atoms with E-state index in [1.807, 2.05) is 0 Å². The number of fused-ring (bicyclic) bond motifs is 1. The normalized spacial score (nSPS) is 17.9. The summed E-state index contributed by atoms with van der Waals surface area (Å²) in [6.07, 6.45) is 1.32. The average molecular weight is 248 g/mol. The van der Waals surface area contributed by atoms with E-state index in [0.29, 0.717) is 17.0 Å². The number of carbonyl (C=O) groups excluding carboxylic acids is 2. The molecule has 2 aliphatic rings. The Bertz CT molecular complexity index is 581. The molecular formula is C12H12N2O4. The van der Waals surface area contributed by atoms with Crippen molar-refractivity contribution in [3.63, 3.8) is 0 Å². The SMILES string of the molecule is O=C1C=C(N2CC2)C(=O)c2c1[nH]c(CO)c2CO. The minimum absolute atomic E-state index is 0.165. The molecule has 18 heavy (non-hydrogen) atoms. The van der Waals surface area contributed by atoms with Gasteiger partial charge in [0.2, 0.25) is 11.6 Å². The number of allylic oxidation sites excluding steroid dienone is 2. The van der Waals surface area contributed by atoms with Crippen LogP contribution < -0.4 is 0 Å². The van der Waals surface area contributed by atoms with Crippen LogP contribution in [0.25, 0.3) is 0 Å². The van der Waals surface area contributed by atoms with E-state index >= 15 is 0 Å². The fraction of sp³-hybridized carbons (Fsp3) is 0.333. The Hall–Kier alpha value is -1.92. The second-order valence-electron chi connectivity index (χ2n) is 4.36. The maximum Gasteiger partial charge on any atom is 0.211 e. The molecule has 3 N–H and O–H groups in total. The van der Waals surface area contributed by atoms with Crippen molar-refractivity contribution in [2.45, 2.75) is 13.2 Å². The fourth-order valence-corrected chi connectivity index (χ4v) is 2.25. The van der Waals surface area contributed by atoms with Crippen molar-refractivity contribution in [2.24, 2.45) is 0 Å². The van der Waals surface area contributed by atoms with Crippen LogP contribution >= 0.6 is 0 Å². The van der Waals surface area contributed by atoms with Gasteiger partial charge in [-0.1, -0.05) is 0 Å². The molecule has 0 saturated carbocycles. The van der Waals surface area contributed by atoms with Gasteiger partial charge in [-0.3, -0.25) is 9.59 Å². The predicted octanol–water partition coefficient (Wildman–Crippen LogP) is -0.422. The van der Waals surface area contributed by atoms with Gasteiger partial charge in [-0.15, -0.1) is 0 Å². The van der Waals surface area contributed by atoms with Crippen LogP contribution in [0.4, 0.5) is 0 Å². The van der Waals surface area contributed by atoms with Gasteiger partial charge in [-0.05, 0) is 0 Å². The lowest BCUT2D eigenvalue weighted by atomic mass is 9.95. The van der Waals surface area contributed by atoms with Crippen molar-refractivity contribution in [1.29, 1.82) is 0 Å². The highest BCUT2D eigenvalue weighted by atomic mass is 16.3. The van der Waals surface area contributed by atoms with Crippen molar-refractivity contribution in [2.75, 3.05) is 13.1 Å². The molecule has 6 nitrogen and oxygen atoms in total. The first-order chi connectivity index (χ1) is 8.67. The molecule has 1 aliphatic carbocycles. The van der Waals surface area contributed by atoms with E-state index in [9.17, 15) is 14.7 Å². The maximum absolute atomic E-state index is 12.3. The third-order valence-electron chi connectivity index (χ3n) is 3.27. The van der Waals surface area contributed by atoms with E-state index in [1.165, 1.54) is 6.08 Å². The highest BCUT2D eigenvalue weighted by Gasteiger charge is 2.36. The molecule has 1 saturated heterocycles. The number of nitrogens with one attached hydrogen (secondary N) is 1. The van der Waals surface area contributed by atoms with E-state index in [2.05, 4.69) is 4.98 Å². The molecular weight excluding hydrogens is 236 g/mol. The Morgan fingerprint density at radius 3 is 2.50 bits per heavy atom. The molecule has 0 aromatic carbocycles. The van der Waals surface area contributed by atoms with Gasteiger partial charge >= 0.3 is 0 Å². The number of aromatic nitrogens is 1. The summed E-state index contributed by atoms with van der Waals surface area (Å²) in [5, 5.41) is 18.5. The Morgan fingerprint density at radius 1 is 1.22 bits per heavy atom. The zero-order valence-electron chi connectivity index (χ0n) is 9.56. The number of aliphatic hydroxyl groups excluding tert-OH is 2. The van der Waals surface area contributed by atoms with Gasteiger partial charge in [0.15, 0.2) is 0 Å². The molecule has 1 fully saturated rings. The largest absolute Gasteiger partial charge is 0.392 e. The molecule has 0 bridgehead atoms. The quantitative estimate of drug-likeness (QED) is 0.632. The van der Waals surface area contributed by atoms with Crippen molar-refractivity contribution in [1.82, 2.24) is 9.88 Å². The number of Topliss-reactive ketones (excluding diaryl/α,β-unsaturated/α-hetero) is 1. The number of H-pyrrole nitrogens is 1. The van der Waals surface area contributed by atoms with Crippen LogP contribution in [0.1, 0.15) is 32.1 Å². The lowest BCUT2D eigenvalue weighted by Crippen LogP contribution is -2.21. The molecule has 3 rings (SSSR count). The highest BCUT2D eigenvalue weighted by Crippen LogP contribution is 2.30. The molecule has 0 amide bonds. The summed E-state index contributed by atoms with van der Waals surface area (Å²) in [4.78, 5) is 28.7. The van der Waals surface area contributed by atoms with Crippen LogP contribution in [0.3, 0.4) is 0 Å². The third kappa shape index (κ3) is 1.43. The number of hydrogen-bond donors (Lipinski definition) is 3. The number of hydrogen-bond acceptors (Lipinski definition) is 5. The van der Waals surface area contributed by atoms with Crippen LogP contribution in [0.5, 0.6) is 0 Å². The summed E-state index contributed by atoms with van der Waals surface area (Å²) in [6.45, 7) is 0.814. The number of rotatable bonds is 3. The van der Waals surface area contributed by atoms with Crippen LogP contribution in [0.15, 0.2) is 11.8 Å². The lowest BCUT2D eigenvalue weighted by Gasteiger charge is -2.13. The van der Waals surface area contributed by atoms with Crippen LogP contribution in [-0.2, 0) is 13.2 Å². The van der Waals surface area contributed by atoms with Gasteiger partial charge < -0.3 is 20.1 Å². The summed E-state index contributed by atoms with van der Waals surface area (Å²) in [7, 11) is 0. The first kappa shape index (κ1) is 11.2. The molecule has 0 unspecified atom stereocenters. The van der Waals surface area contributed by atoms with Gasteiger partial charge in [0.1, 0.15) is 0 Å². The second kappa shape index (κ2) is 3.79. The fourth-order valence-electron chi connectivity index (χ4n) is 2.25. The standard InChI is InChI=1S/C12H12N2O4/c15-4-6-7(5-16)13-11-9(17)3-8(14-1-2-14)12(18)10(6)11/h3,13,15-16H,1-2,4-5H2. The smallest absolute Gasteiger partial charge is 0.211 e. The summed E-state index contributed by atoms with van der Waals surface area (Å²) < 4.78 is 0. The number of aromatic amines is 1. The van der Waals surface area contributed by atoms with Crippen LogP contribution in [0.2, 0.25) is 0 Å².